The maximum Gasteiger partial charge on any atom is 0.409 e. The topological polar surface area (TPSA) is 118 Å². The van der Waals surface area contributed by atoms with E-state index in [1.54, 1.807) is 6.07 Å². The summed E-state index contributed by atoms with van der Waals surface area (Å²) in [5.41, 5.74) is 0.956. The van der Waals surface area contributed by atoms with Gasteiger partial charge in [-0.1, -0.05) is 0 Å². The standard InChI is InChI=1S/C23H33N7O4/c1-14-9-20(28-27-14)24-19-12-21(34-18-7-8-33-13-18)26-22(25-19)29(2)17-10-15-5-4-6-16(11-17)30(15)23(31)32-3/h9,12,15-18H,4-8,10-11,13H2,1-3H3,(H2,24,25,26,27,28)/t15-,16+,17-,18-/m0/s1. The fourth-order valence-corrected chi connectivity index (χ4v) is 5.32. The van der Waals surface area contributed by atoms with Crippen molar-refractivity contribution in [2.45, 2.75) is 69.7 Å². The van der Waals surface area contributed by atoms with E-state index in [1.807, 2.05) is 24.9 Å². The molecule has 0 radical (unpaired) electrons. The normalized spacial score (nSPS) is 26.3. The van der Waals surface area contributed by atoms with E-state index in [9.17, 15) is 4.79 Å². The van der Waals surface area contributed by atoms with Crippen molar-refractivity contribution in [2.75, 3.05) is 37.6 Å². The Morgan fingerprint density at radius 3 is 2.65 bits per heavy atom. The van der Waals surface area contributed by atoms with Crippen LogP contribution in [0.1, 0.15) is 44.2 Å². The summed E-state index contributed by atoms with van der Waals surface area (Å²) in [5.74, 6) is 2.39. The average molecular weight is 472 g/mol. The summed E-state index contributed by atoms with van der Waals surface area (Å²) in [4.78, 5) is 26.0. The maximum atomic E-state index is 12.4. The van der Waals surface area contributed by atoms with E-state index in [-0.39, 0.29) is 30.3 Å². The second-order valence-corrected chi connectivity index (χ2v) is 9.41. The summed E-state index contributed by atoms with van der Waals surface area (Å²) in [6.45, 7) is 3.21. The summed E-state index contributed by atoms with van der Waals surface area (Å²) in [5, 5.41) is 10.5. The van der Waals surface area contributed by atoms with Crippen molar-refractivity contribution in [3.05, 3.63) is 17.8 Å². The first kappa shape index (κ1) is 22.7. The Kier molecular flexibility index (Phi) is 6.44. The molecule has 2 aromatic heterocycles. The number of nitrogens with one attached hydrogen (secondary N) is 2. The van der Waals surface area contributed by atoms with Crippen LogP contribution in [-0.4, -0.2) is 82.8 Å². The highest BCUT2D eigenvalue weighted by Crippen LogP contribution is 2.37. The number of piperidine rings is 2. The number of hydrogen-bond donors (Lipinski definition) is 2. The first-order chi connectivity index (χ1) is 16.5. The Morgan fingerprint density at radius 1 is 1.21 bits per heavy atom. The highest BCUT2D eigenvalue weighted by molar-refractivity contribution is 5.68. The van der Waals surface area contributed by atoms with Gasteiger partial charge in [0.2, 0.25) is 11.8 Å². The van der Waals surface area contributed by atoms with Crippen LogP contribution in [0.3, 0.4) is 0 Å². The molecule has 5 heterocycles. The van der Waals surface area contributed by atoms with Gasteiger partial charge >= 0.3 is 6.09 Å². The van der Waals surface area contributed by atoms with Crippen LogP contribution in [0.4, 0.5) is 22.4 Å². The van der Waals surface area contributed by atoms with E-state index < -0.39 is 0 Å². The van der Waals surface area contributed by atoms with Crippen LogP contribution in [0.25, 0.3) is 0 Å². The monoisotopic (exact) mass is 471 g/mol. The molecule has 3 fully saturated rings. The molecule has 0 aromatic carbocycles. The molecule has 3 aliphatic rings. The first-order valence-electron chi connectivity index (χ1n) is 12.0. The van der Waals surface area contributed by atoms with Gasteiger partial charge in [0.15, 0.2) is 5.82 Å². The molecule has 184 valence electrons. The lowest BCUT2D eigenvalue weighted by molar-refractivity contribution is 0.0260. The lowest BCUT2D eigenvalue weighted by atomic mass is 9.81. The zero-order valence-electron chi connectivity index (χ0n) is 20.0. The second-order valence-electron chi connectivity index (χ2n) is 9.41. The van der Waals surface area contributed by atoms with Crippen LogP contribution in [0.5, 0.6) is 5.88 Å². The third-order valence-electron chi connectivity index (χ3n) is 7.03. The Hall–Kier alpha value is -3.08. The highest BCUT2D eigenvalue weighted by Gasteiger charge is 2.43. The Balaban J connectivity index is 1.38. The zero-order chi connectivity index (χ0) is 23.7. The third-order valence-corrected chi connectivity index (χ3v) is 7.03. The lowest BCUT2D eigenvalue weighted by Crippen LogP contribution is -2.58. The quantitative estimate of drug-likeness (QED) is 0.655. The number of carbonyl (C=O) groups excluding carboxylic acids is 1. The van der Waals surface area contributed by atoms with Crippen molar-refractivity contribution >= 4 is 23.7 Å². The van der Waals surface area contributed by atoms with Crippen molar-refractivity contribution in [3.8, 4) is 5.88 Å². The number of hydrogen-bond acceptors (Lipinski definition) is 9. The lowest BCUT2D eigenvalue weighted by Gasteiger charge is -2.49. The number of nitrogens with zero attached hydrogens (tertiary/aromatic N) is 5. The third kappa shape index (κ3) is 4.75. The van der Waals surface area contributed by atoms with Gasteiger partial charge in [0.05, 0.1) is 20.3 Å². The summed E-state index contributed by atoms with van der Waals surface area (Å²) in [6, 6.07) is 4.27. The van der Waals surface area contributed by atoms with Gasteiger partial charge in [-0.25, -0.2) is 4.79 Å². The number of methoxy groups -OCH3 is 1. The number of aromatic amines is 1. The number of rotatable bonds is 6. The van der Waals surface area contributed by atoms with E-state index in [2.05, 4.69) is 20.4 Å². The number of aromatic nitrogens is 4. The molecule has 0 saturated carbocycles. The van der Waals surface area contributed by atoms with Gasteiger partial charge in [0.1, 0.15) is 11.9 Å². The van der Waals surface area contributed by atoms with E-state index in [4.69, 9.17) is 24.2 Å². The minimum absolute atomic E-state index is 0.0174. The number of ether oxygens (including phenoxy) is 3. The Morgan fingerprint density at radius 2 is 2.00 bits per heavy atom. The Labute approximate surface area is 199 Å². The molecule has 34 heavy (non-hydrogen) atoms. The largest absolute Gasteiger partial charge is 0.472 e. The fourth-order valence-electron chi connectivity index (χ4n) is 5.32. The summed E-state index contributed by atoms with van der Waals surface area (Å²) >= 11 is 0. The minimum atomic E-state index is -0.220. The van der Waals surface area contributed by atoms with Gasteiger partial charge in [-0.2, -0.15) is 15.1 Å². The van der Waals surface area contributed by atoms with Crippen LogP contribution in [0.2, 0.25) is 0 Å². The van der Waals surface area contributed by atoms with Gasteiger partial charge in [-0.15, -0.1) is 0 Å². The summed E-state index contributed by atoms with van der Waals surface area (Å²) < 4.78 is 16.7. The molecule has 0 spiro atoms. The van der Waals surface area contributed by atoms with Crippen LogP contribution >= 0.6 is 0 Å². The van der Waals surface area contributed by atoms with E-state index >= 15 is 0 Å². The molecule has 2 N–H and O–H groups in total. The van der Waals surface area contributed by atoms with Crippen LogP contribution in [0.15, 0.2) is 12.1 Å². The molecule has 0 unspecified atom stereocenters. The molecule has 2 aromatic rings. The number of aryl methyl sites for hydroxylation is 1. The van der Waals surface area contributed by atoms with Gasteiger partial charge in [-0.3, -0.25) is 5.10 Å². The smallest absolute Gasteiger partial charge is 0.409 e. The number of fused-ring (bicyclic) bond motifs is 2. The Bertz CT molecular complexity index is 995. The average Bonchev–Trinajstić information content (AvgIpc) is 3.48. The molecule has 0 aliphatic carbocycles. The number of amides is 1. The predicted molar refractivity (Wildman–Crippen MR) is 126 cm³/mol. The predicted octanol–water partition coefficient (Wildman–Crippen LogP) is 3.01. The van der Waals surface area contributed by atoms with Crippen molar-refractivity contribution in [3.63, 3.8) is 0 Å². The molecular weight excluding hydrogens is 438 g/mol. The van der Waals surface area contributed by atoms with Gasteiger partial charge < -0.3 is 29.3 Å². The van der Waals surface area contributed by atoms with Crippen LogP contribution in [-0.2, 0) is 9.47 Å². The molecule has 3 saturated heterocycles. The van der Waals surface area contributed by atoms with Gasteiger partial charge in [0.25, 0.3) is 0 Å². The number of H-pyrrole nitrogens is 1. The zero-order valence-corrected chi connectivity index (χ0v) is 20.0. The highest BCUT2D eigenvalue weighted by atomic mass is 16.6. The van der Waals surface area contributed by atoms with E-state index in [0.717, 1.165) is 44.2 Å². The maximum absolute atomic E-state index is 12.4. The van der Waals surface area contributed by atoms with Crippen molar-refractivity contribution in [1.29, 1.82) is 0 Å². The minimum Gasteiger partial charge on any atom is -0.472 e. The molecule has 1 amide bonds. The summed E-state index contributed by atoms with van der Waals surface area (Å²) in [7, 11) is 3.48. The molecule has 3 aliphatic heterocycles. The van der Waals surface area contributed by atoms with Crippen LogP contribution < -0.4 is 15.0 Å². The molecule has 2 bridgehead atoms. The van der Waals surface area contributed by atoms with E-state index in [1.165, 1.54) is 7.11 Å². The van der Waals surface area contributed by atoms with Crippen molar-refractivity contribution < 1.29 is 19.0 Å². The molecular formula is C23H33N7O4. The summed E-state index contributed by atoms with van der Waals surface area (Å²) in [6.07, 6.45) is 5.44. The number of anilines is 3. The number of carbonyl (C=O) groups is 1. The molecule has 5 rings (SSSR count). The van der Waals surface area contributed by atoms with E-state index in [0.29, 0.717) is 36.7 Å². The van der Waals surface area contributed by atoms with Crippen molar-refractivity contribution in [2.24, 2.45) is 0 Å². The van der Waals surface area contributed by atoms with Gasteiger partial charge in [0, 0.05) is 49.4 Å². The fraction of sp³-hybridized carbons (Fsp3) is 0.652. The van der Waals surface area contributed by atoms with Gasteiger partial charge in [-0.05, 0) is 39.0 Å². The molecule has 11 nitrogen and oxygen atoms in total. The molecule has 11 heteroatoms. The second kappa shape index (κ2) is 9.65. The first-order valence-corrected chi connectivity index (χ1v) is 12.0. The van der Waals surface area contributed by atoms with Crippen molar-refractivity contribution in [1.82, 2.24) is 25.1 Å². The van der Waals surface area contributed by atoms with Crippen LogP contribution in [0, 0.1) is 6.92 Å². The SMILES string of the molecule is COC(=O)N1[C@@H]2CCC[C@H]1C[C@H](N(C)c1nc(Nc3cc(C)[nH]n3)cc(O[C@H]3CCOC3)n1)C2. The molecule has 4 atom stereocenters.